The quantitative estimate of drug-likeness (QED) is 0.372. The van der Waals surface area contributed by atoms with Crippen LogP contribution in [0.15, 0.2) is 54.1 Å². The number of quaternary nitrogens is 1. The molecule has 4 rings (SSSR count). The first-order valence-electron chi connectivity index (χ1n) is 11.9. The van der Waals surface area contributed by atoms with Crippen LogP contribution in [0.4, 0.5) is 0 Å². The molecule has 0 aliphatic carbocycles. The Labute approximate surface area is 205 Å². The lowest BCUT2D eigenvalue weighted by Gasteiger charge is -2.29. The molecule has 0 radical (unpaired) electrons. The van der Waals surface area contributed by atoms with Crippen molar-refractivity contribution in [2.75, 3.05) is 39.4 Å². The Balaban J connectivity index is 1.67. The van der Waals surface area contributed by atoms with E-state index in [0.717, 1.165) is 50.4 Å². The summed E-state index contributed by atoms with van der Waals surface area (Å²) in [5.41, 5.74) is 2.30. The zero-order chi connectivity index (χ0) is 24.2. The lowest BCUT2D eigenvalue weighted by atomic mass is 9.93. The molecule has 1 unspecified atom stereocenters. The van der Waals surface area contributed by atoms with Crippen LogP contribution in [0.3, 0.4) is 0 Å². The van der Waals surface area contributed by atoms with Crippen LogP contribution in [0, 0.1) is 0 Å². The number of amides is 1. The van der Waals surface area contributed by atoms with Crippen molar-refractivity contribution in [1.82, 2.24) is 4.90 Å². The van der Waals surface area contributed by atoms with E-state index in [1.807, 2.05) is 24.3 Å². The molecule has 2 aromatic rings. The topological polar surface area (TPSA) is 74.1 Å². The third kappa shape index (κ3) is 5.19. The molecule has 1 amide bonds. The third-order valence-corrected chi connectivity index (χ3v) is 6.94. The second kappa shape index (κ2) is 10.7. The van der Waals surface area contributed by atoms with Gasteiger partial charge in [-0.1, -0.05) is 67.6 Å². The molecule has 2 aliphatic rings. The van der Waals surface area contributed by atoms with Gasteiger partial charge in [0.25, 0.3) is 5.91 Å². The van der Waals surface area contributed by atoms with Gasteiger partial charge in [0.2, 0.25) is 5.78 Å². The van der Waals surface area contributed by atoms with Crippen molar-refractivity contribution in [2.45, 2.75) is 32.2 Å². The number of morpholine rings is 1. The second-order valence-corrected chi connectivity index (χ2v) is 9.70. The smallest absolute Gasteiger partial charge is 0.295 e. The Morgan fingerprint density at radius 1 is 1.09 bits per heavy atom. The number of likely N-dealkylation sites (tertiary alicyclic amines) is 1. The van der Waals surface area contributed by atoms with Gasteiger partial charge in [-0.15, -0.1) is 0 Å². The average Bonchev–Trinajstić information content (AvgIpc) is 3.10. The summed E-state index contributed by atoms with van der Waals surface area (Å²) in [6, 6.07) is 13.6. The van der Waals surface area contributed by atoms with Crippen molar-refractivity contribution in [1.29, 1.82) is 0 Å². The maximum atomic E-state index is 13.4. The molecule has 1 atom stereocenters. The minimum Gasteiger partial charge on any atom is -0.872 e. The lowest BCUT2D eigenvalue weighted by Crippen LogP contribution is -3.14. The summed E-state index contributed by atoms with van der Waals surface area (Å²) < 4.78 is 5.42. The fourth-order valence-corrected chi connectivity index (χ4v) is 4.80. The summed E-state index contributed by atoms with van der Waals surface area (Å²) in [6.07, 6.45) is 0.747. The minimum atomic E-state index is -0.711. The molecule has 0 bridgehead atoms. The van der Waals surface area contributed by atoms with Crippen molar-refractivity contribution < 1.29 is 24.3 Å². The minimum absolute atomic E-state index is 0.0170. The highest BCUT2D eigenvalue weighted by Crippen LogP contribution is 2.39. The van der Waals surface area contributed by atoms with Crippen LogP contribution in [-0.4, -0.2) is 56.0 Å². The molecule has 180 valence electrons. The maximum Gasteiger partial charge on any atom is 0.295 e. The van der Waals surface area contributed by atoms with Crippen molar-refractivity contribution >= 4 is 29.1 Å². The summed E-state index contributed by atoms with van der Waals surface area (Å²) in [5, 5.41) is 13.9. The Kier molecular flexibility index (Phi) is 7.71. The Morgan fingerprint density at radius 2 is 1.74 bits per heavy atom. The first kappa shape index (κ1) is 24.5. The van der Waals surface area contributed by atoms with Crippen LogP contribution < -0.4 is 10.0 Å². The SMILES string of the molecule is CC(C)c1ccc(C2C(=C([O-])c3ccc(Cl)cc3)C(=O)C(=O)N2CCC[NH+]2CCOCC2)cc1. The first-order valence-corrected chi connectivity index (χ1v) is 12.3. The van der Waals surface area contributed by atoms with Crippen LogP contribution in [-0.2, 0) is 14.3 Å². The van der Waals surface area contributed by atoms with Gasteiger partial charge in [-0.25, -0.2) is 0 Å². The Bertz CT molecular complexity index is 1060. The zero-order valence-corrected chi connectivity index (χ0v) is 20.4. The number of ether oxygens (including phenoxy) is 1. The zero-order valence-electron chi connectivity index (χ0n) is 19.7. The predicted octanol–water partition coefficient (Wildman–Crippen LogP) is 1.99. The molecule has 2 saturated heterocycles. The summed E-state index contributed by atoms with van der Waals surface area (Å²) >= 11 is 5.98. The van der Waals surface area contributed by atoms with E-state index in [4.69, 9.17) is 16.3 Å². The van der Waals surface area contributed by atoms with Crippen LogP contribution in [0.5, 0.6) is 0 Å². The van der Waals surface area contributed by atoms with Gasteiger partial charge in [0.05, 0.1) is 25.8 Å². The van der Waals surface area contributed by atoms with Gasteiger partial charge in [0, 0.05) is 23.6 Å². The third-order valence-electron chi connectivity index (χ3n) is 6.68. The van der Waals surface area contributed by atoms with E-state index in [0.29, 0.717) is 23.0 Å². The number of nitrogens with zero attached hydrogens (tertiary/aromatic N) is 1. The fourth-order valence-electron chi connectivity index (χ4n) is 4.68. The van der Waals surface area contributed by atoms with E-state index >= 15 is 0 Å². The van der Waals surface area contributed by atoms with E-state index < -0.39 is 23.5 Å². The molecule has 2 aliphatic heterocycles. The molecule has 2 aromatic carbocycles. The van der Waals surface area contributed by atoms with Gasteiger partial charge in [-0.3, -0.25) is 9.59 Å². The highest BCUT2D eigenvalue weighted by atomic mass is 35.5. The molecule has 0 saturated carbocycles. The number of ketones is 1. The van der Waals surface area contributed by atoms with Gasteiger partial charge >= 0.3 is 0 Å². The highest BCUT2D eigenvalue weighted by Gasteiger charge is 2.44. The number of rotatable bonds is 7. The Morgan fingerprint density at radius 3 is 2.35 bits per heavy atom. The molecule has 0 spiro atoms. The molecule has 2 fully saturated rings. The number of nitrogens with one attached hydrogen (secondary N) is 1. The molecule has 1 N–H and O–H groups in total. The predicted molar refractivity (Wildman–Crippen MR) is 129 cm³/mol. The van der Waals surface area contributed by atoms with Crippen LogP contribution >= 0.6 is 11.6 Å². The van der Waals surface area contributed by atoms with E-state index in [-0.39, 0.29) is 5.57 Å². The second-order valence-electron chi connectivity index (χ2n) is 9.27. The van der Waals surface area contributed by atoms with E-state index in [1.54, 1.807) is 29.2 Å². The molecule has 7 heteroatoms. The fraction of sp³-hybridized carbons (Fsp3) is 0.407. The highest BCUT2D eigenvalue weighted by molar-refractivity contribution is 6.46. The number of carbonyl (C=O) groups excluding carboxylic acids is 2. The van der Waals surface area contributed by atoms with E-state index in [9.17, 15) is 14.7 Å². The van der Waals surface area contributed by atoms with Crippen LogP contribution in [0.25, 0.3) is 5.76 Å². The van der Waals surface area contributed by atoms with Crippen LogP contribution in [0.1, 0.15) is 48.9 Å². The molecular formula is C27H31ClN2O4. The van der Waals surface area contributed by atoms with Crippen molar-refractivity contribution in [3.05, 3.63) is 75.8 Å². The summed E-state index contributed by atoms with van der Waals surface area (Å²) in [5.74, 6) is -1.38. The van der Waals surface area contributed by atoms with Crippen LogP contribution in [0.2, 0.25) is 5.02 Å². The summed E-state index contributed by atoms with van der Waals surface area (Å²) in [6.45, 7) is 8.91. The summed E-state index contributed by atoms with van der Waals surface area (Å²) in [4.78, 5) is 29.2. The standard InChI is InChI=1S/C27H31ClN2O4/c1-18(2)19-4-6-20(7-5-19)24-23(25(31)21-8-10-22(28)11-9-21)26(32)27(33)30(24)13-3-12-29-14-16-34-17-15-29/h4-11,18,24,31H,3,12-17H2,1-2H3. The lowest BCUT2D eigenvalue weighted by molar-refractivity contribution is -0.908. The molecule has 34 heavy (non-hydrogen) atoms. The van der Waals surface area contributed by atoms with Crippen molar-refractivity contribution in [3.8, 4) is 0 Å². The van der Waals surface area contributed by atoms with Gasteiger partial charge < -0.3 is 19.6 Å². The van der Waals surface area contributed by atoms with Crippen molar-refractivity contribution in [2.24, 2.45) is 0 Å². The number of Topliss-reactive ketones (excluding diaryl/α,β-unsaturated/α-hetero) is 1. The van der Waals surface area contributed by atoms with Gasteiger partial charge in [-0.2, -0.15) is 0 Å². The number of benzene rings is 2. The van der Waals surface area contributed by atoms with E-state index in [1.165, 1.54) is 4.90 Å². The maximum absolute atomic E-state index is 13.4. The van der Waals surface area contributed by atoms with Gasteiger partial charge in [-0.05, 0) is 34.7 Å². The number of hydrogen-bond acceptors (Lipinski definition) is 4. The first-order chi connectivity index (χ1) is 16.4. The summed E-state index contributed by atoms with van der Waals surface area (Å²) in [7, 11) is 0. The molecule has 2 heterocycles. The normalized spacial score (nSPS) is 20.9. The molecule has 6 nitrogen and oxygen atoms in total. The van der Waals surface area contributed by atoms with Gasteiger partial charge in [0.15, 0.2) is 0 Å². The van der Waals surface area contributed by atoms with Crippen molar-refractivity contribution in [3.63, 3.8) is 0 Å². The monoisotopic (exact) mass is 482 g/mol. The number of carbonyl (C=O) groups is 2. The number of hydrogen-bond donors (Lipinski definition) is 1. The largest absolute Gasteiger partial charge is 0.872 e. The molecular weight excluding hydrogens is 452 g/mol. The number of halogens is 1. The average molecular weight is 483 g/mol. The molecule has 0 aromatic heterocycles. The van der Waals surface area contributed by atoms with E-state index in [2.05, 4.69) is 13.8 Å². The van der Waals surface area contributed by atoms with Gasteiger partial charge in [0.1, 0.15) is 13.1 Å². The Hall–Kier alpha value is -2.67.